The SMILES string of the molecule is CN1C2CCC1CC(Nc1ccsc1)C2. The molecule has 2 unspecified atom stereocenters. The van der Waals surface area contributed by atoms with Crippen molar-refractivity contribution in [2.75, 3.05) is 12.4 Å². The Bertz CT molecular complexity index is 308. The van der Waals surface area contributed by atoms with Crippen LogP contribution in [0.1, 0.15) is 25.7 Å². The van der Waals surface area contributed by atoms with Crippen LogP contribution in [0.5, 0.6) is 0 Å². The quantitative estimate of drug-likeness (QED) is 0.827. The Morgan fingerprint density at radius 1 is 1.33 bits per heavy atom. The molecule has 1 aromatic rings. The van der Waals surface area contributed by atoms with Gasteiger partial charge in [0.25, 0.3) is 0 Å². The van der Waals surface area contributed by atoms with Crippen LogP contribution in [0.15, 0.2) is 16.8 Å². The zero-order chi connectivity index (χ0) is 10.3. The Kier molecular flexibility index (Phi) is 2.45. The van der Waals surface area contributed by atoms with Gasteiger partial charge in [0.1, 0.15) is 0 Å². The van der Waals surface area contributed by atoms with Crippen LogP contribution < -0.4 is 5.32 Å². The molecule has 82 valence electrons. The largest absolute Gasteiger partial charge is 0.382 e. The van der Waals surface area contributed by atoms with E-state index in [0.29, 0.717) is 6.04 Å². The predicted octanol–water partition coefficient (Wildman–Crippen LogP) is 2.79. The summed E-state index contributed by atoms with van der Waals surface area (Å²) >= 11 is 1.77. The molecule has 1 N–H and O–H groups in total. The molecule has 0 saturated carbocycles. The minimum atomic E-state index is 0.702. The van der Waals surface area contributed by atoms with Crippen molar-refractivity contribution in [3.8, 4) is 0 Å². The van der Waals surface area contributed by atoms with Gasteiger partial charge in [-0.05, 0) is 44.2 Å². The van der Waals surface area contributed by atoms with E-state index in [9.17, 15) is 0 Å². The summed E-state index contributed by atoms with van der Waals surface area (Å²) in [5.41, 5.74) is 1.31. The van der Waals surface area contributed by atoms with Crippen LogP contribution in [0.4, 0.5) is 5.69 Å². The van der Waals surface area contributed by atoms with Gasteiger partial charge < -0.3 is 10.2 Å². The Labute approximate surface area is 95.3 Å². The van der Waals surface area contributed by atoms with Crippen molar-refractivity contribution in [2.45, 2.75) is 43.8 Å². The van der Waals surface area contributed by atoms with E-state index >= 15 is 0 Å². The lowest BCUT2D eigenvalue weighted by Gasteiger charge is -2.36. The van der Waals surface area contributed by atoms with Crippen molar-refractivity contribution < 1.29 is 0 Å². The van der Waals surface area contributed by atoms with Gasteiger partial charge in [-0.25, -0.2) is 0 Å². The maximum atomic E-state index is 3.67. The molecule has 3 heterocycles. The summed E-state index contributed by atoms with van der Waals surface area (Å²) in [4.78, 5) is 2.59. The van der Waals surface area contributed by atoms with Crippen LogP contribution in [-0.2, 0) is 0 Å². The molecule has 0 amide bonds. The molecule has 0 aromatic carbocycles. The van der Waals surface area contributed by atoms with E-state index in [1.165, 1.54) is 31.4 Å². The molecular formula is C12H18N2S. The highest BCUT2D eigenvalue weighted by molar-refractivity contribution is 7.08. The second-order valence-electron chi connectivity index (χ2n) is 4.88. The molecule has 0 spiro atoms. The summed E-state index contributed by atoms with van der Waals surface area (Å²) < 4.78 is 0. The van der Waals surface area contributed by atoms with Gasteiger partial charge in [-0.2, -0.15) is 11.3 Å². The third-order valence-corrected chi connectivity index (χ3v) is 4.67. The molecule has 1 aromatic heterocycles. The summed E-state index contributed by atoms with van der Waals surface area (Å²) in [6.45, 7) is 0. The lowest BCUT2D eigenvalue weighted by atomic mass is 9.98. The average molecular weight is 222 g/mol. The molecule has 2 saturated heterocycles. The van der Waals surface area contributed by atoms with Gasteiger partial charge in [-0.3, -0.25) is 0 Å². The molecule has 0 radical (unpaired) electrons. The van der Waals surface area contributed by atoms with E-state index in [4.69, 9.17) is 0 Å². The third-order valence-electron chi connectivity index (χ3n) is 3.99. The zero-order valence-corrected chi connectivity index (χ0v) is 9.96. The average Bonchev–Trinajstić information content (AvgIpc) is 2.76. The number of nitrogens with zero attached hydrogens (tertiary/aromatic N) is 1. The molecule has 3 heteroatoms. The molecule has 2 bridgehead atoms. The number of piperidine rings is 1. The normalized spacial score (nSPS) is 35.7. The minimum Gasteiger partial charge on any atom is -0.382 e. The fourth-order valence-corrected chi connectivity index (χ4v) is 3.71. The lowest BCUT2D eigenvalue weighted by molar-refractivity contribution is 0.169. The number of thiophene rings is 1. The minimum absolute atomic E-state index is 0.702. The van der Waals surface area contributed by atoms with Crippen LogP contribution in [0.2, 0.25) is 0 Å². The summed E-state index contributed by atoms with van der Waals surface area (Å²) in [6, 6.07) is 4.55. The molecule has 2 atom stereocenters. The highest BCUT2D eigenvalue weighted by Crippen LogP contribution is 2.35. The Hall–Kier alpha value is -0.540. The summed E-state index contributed by atoms with van der Waals surface area (Å²) in [6.07, 6.45) is 5.46. The van der Waals surface area contributed by atoms with E-state index in [-0.39, 0.29) is 0 Å². The van der Waals surface area contributed by atoms with Gasteiger partial charge in [-0.1, -0.05) is 0 Å². The van der Waals surface area contributed by atoms with E-state index in [0.717, 1.165) is 12.1 Å². The summed E-state index contributed by atoms with van der Waals surface area (Å²) in [5.74, 6) is 0. The molecule has 2 fully saturated rings. The monoisotopic (exact) mass is 222 g/mol. The standard InChI is InChI=1S/C12H18N2S/c1-14-11-2-3-12(14)7-10(6-11)13-9-4-5-15-8-9/h4-5,8,10-13H,2-3,6-7H2,1H3. The Morgan fingerprint density at radius 2 is 2.07 bits per heavy atom. The predicted molar refractivity (Wildman–Crippen MR) is 65.5 cm³/mol. The van der Waals surface area contributed by atoms with Crippen LogP contribution in [-0.4, -0.2) is 30.1 Å². The highest BCUT2D eigenvalue weighted by Gasteiger charge is 2.38. The topological polar surface area (TPSA) is 15.3 Å². The fourth-order valence-electron chi connectivity index (χ4n) is 3.11. The Morgan fingerprint density at radius 3 is 2.67 bits per heavy atom. The molecule has 2 aliphatic heterocycles. The molecule has 15 heavy (non-hydrogen) atoms. The number of nitrogens with one attached hydrogen (secondary N) is 1. The van der Waals surface area contributed by atoms with Gasteiger partial charge >= 0.3 is 0 Å². The van der Waals surface area contributed by atoms with Gasteiger partial charge in [-0.15, -0.1) is 0 Å². The van der Waals surface area contributed by atoms with Gasteiger partial charge in [0.15, 0.2) is 0 Å². The van der Waals surface area contributed by atoms with Gasteiger partial charge in [0, 0.05) is 29.2 Å². The van der Waals surface area contributed by atoms with E-state index in [1.807, 2.05) is 0 Å². The fraction of sp³-hybridized carbons (Fsp3) is 0.667. The van der Waals surface area contributed by atoms with Crippen LogP contribution in [0, 0.1) is 0 Å². The summed E-state index contributed by atoms with van der Waals surface area (Å²) in [7, 11) is 2.29. The van der Waals surface area contributed by atoms with Crippen molar-refractivity contribution in [3.63, 3.8) is 0 Å². The maximum absolute atomic E-state index is 3.67. The first-order valence-corrected chi connectivity index (χ1v) is 6.78. The number of anilines is 1. The lowest BCUT2D eigenvalue weighted by Crippen LogP contribution is -2.44. The number of fused-ring (bicyclic) bond motifs is 2. The zero-order valence-electron chi connectivity index (χ0n) is 9.15. The van der Waals surface area contributed by atoms with Crippen LogP contribution >= 0.6 is 11.3 Å². The first-order valence-electron chi connectivity index (χ1n) is 5.83. The molecular weight excluding hydrogens is 204 g/mol. The smallest absolute Gasteiger partial charge is 0.0450 e. The number of hydrogen-bond donors (Lipinski definition) is 1. The molecule has 3 rings (SSSR count). The first-order chi connectivity index (χ1) is 7.33. The van der Waals surface area contributed by atoms with Crippen molar-refractivity contribution in [2.24, 2.45) is 0 Å². The van der Waals surface area contributed by atoms with Crippen molar-refractivity contribution in [3.05, 3.63) is 16.8 Å². The van der Waals surface area contributed by atoms with E-state index in [1.54, 1.807) is 11.3 Å². The second-order valence-corrected chi connectivity index (χ2v) is 5.66. The number of rotatable bonds is 2. The van der Waals surface area contributed by atoms with Crippen molar-refractivity contribution in [1.82, 2.24) is 4.90 Å². The van der Waals surface area contributed by atoms with Crippen LogP contribution in [0.3, 0.4) is 0 Å². The summed E-state index contributed by atoms with van der Waals surface area (Å²) in [5, 5.41) is 8.02. The highest BCUT2D eigenvalue weighted by atomic mass is 32.1. The third kappa shape index (κ3) is 1.79. The van der Waals surface area contributed by atoms with E-state index < -0.39 is 0 Å². The first kappa shape index (κ1) is 9.67. The molecule has 2 nitrogen and oxygen atoms in total. The molecule has 0 aliphatic carbocycles. The Balaban J connectivity index is 1.65. The van der Waals surface area contributed by atoms with Gasteiger partial charge in [0.2, 0.25) is 0 Å². The number of hydrogen-bond acceptors (Lipinski definition) is 3. The van der Waals surface area contributed by atoms with Crippen molar-refractivity contribution >= 4 is 17.0 Å². The second kappa shape index (κ2) is 3.80. The van der Waals surface area contributed by atoms with Crippen molar-refractivity contribution in [1.29, 1.82) is 0 Å². The van der Waals surface area contributed by atoms with Gasteiger partial charge in [0.05, 0.1) is 0 Å². The maximum Gasteiger partial charge on any atom is 0.0450 e. The molecule has 2 aliphatic rings. The van der Waals surface area contributed by atoms with E-state index in [2.05, 4.69) is 34.1 Å². The van der Waals surface area contributed by atoms with Crippen LogP contribution in [0.25, 0.3) is 0 Å².